The summed E-state index contributed by atoms with van der Waals surface area (Å²) in [5.74, 6) is -0.484. The van der Waals surface area contributed by atoms with Gasteiger partial charge in [-0.15, -0.1) is 0 Å². The molecule has 1 amide bonds. The lowest BCUT2D eigenvalue weighted by Crippen LogP contribution is -2.72. The molecule has 104 valence electrons. The fraction of sp³-hybridized carbons (Fsp3) is 0.909. The molecule has 3 aliphatic rings. The van der Waals surface area contributed by atoms with Gasteiger partial charge in [0.2, 0.25) is 0 Å². The van der Waals surface area contributed by atoms with Crippen molar-refractivity contribution in [2.45, 2.75) is 19.1 Å². The van der Waals surface area contributed by atoms with Gasteiger partial charge < -0.3 is 9.80 Å². The zero-order valence-electron chi connectivity index (χ0n) is 10.5. The van der Waals surface area contributed by atoms with E-state index in [-0.39, 0.29) is 0 Å². The number of rotatable bonds is 3. The zero-order valence-corrected chi connectivity index (χ0v) is 10.5. The molecule has 3 heterocycles. The highest BCUT2D eigenvalue weighted by molar-refractivity contribution is 5.80. The second-order valence-electron chi connectivity index (χ2n) is 5.24. The number of hydrogen-bond acceptors (Lipinski definition) is 2. The maximum Gasteiger partial charge on any atom is 0.405 e. The Hall–Kier alpha value is -0.820. The van der Waals surface area contributed by atoms with Gasteiger partial charge in [0.15, 0.2) is 6.04 Å². The largest absolute Gasteiger partial charge is 0.405 e. The lowest BCUT2D eigenvalue weighted by molar-refractivity contribution is -0.953. The van der Waals surface area contributed by atoms with E-state index in [0.29, 0.717) is 4.48 Å². The van der Waals surface area contributed by atoms with Crippen molar-refractivity contribution in [2.75, 3.05) is 45.8 Å². The molecule has 7 heteroatoms. The van der Waals surface area contributed by atoms with Gasteiger partial charge in [-0.25, -0.2) is 0 Å². The summed E-state index contributed by atoms with van der Waals surface area (Å²) in [6.07, 6.45) is -4.34. The topological polar surface area (TPSA) is 32.3 Å². The van der Waals surface area contributed by atoms with Gasteiger partial charge in [0.25, 0.3) is 5.91 Å². The quantitative estimate of drug-likeness (QED) is 0.740. The first kappa shape index (κ1) is 13.6. The Labute approximate surface area is 104 Å². The molecule has 3 rings (SSSR count). The van der Waals surface area contributed by atoms with Crippen molar-refractivity contribution in [2.24, 2.45) is 0 Å². The third-order valence-electron chi connectivity index (χ3n) is 4.25. The highest BCUT2D eigenvalue weighted by Crippen LogP contribution is 2.23. The first-order chi connectivity index (χ1) is 8.32. The van der Waals surface area contributed by atoms with E-state index in [1.807, 2.05) is 5.32 Å². The van der Waals surface area contributed by atoms with E-state index in [2.05, 4.69) is 4.90 Å². The third kappa shape index (κ3) is 2.77. The van der Waals surface area contributed by atoms with Crippen LogP contribution >= 0.6 is 0 Å². The second kappa shape index (κ2) is 4.70. The number of nitrogens with one attached hydrogen (secondary N) is 1. The van der Waals surface area contributed by atoms with E-state index in [9.17, 15) is 18.0 Å². The normalized spacial score (nSPS) is 33.2. The fourth-order valence-electron chi connectivity index (χ4n) is 2.86. The molecule has 4 nitrogen and oxygen atoms in total. The van der Waals surface area contributed by atoms with E-state index >= 15 is 0 Å². The Morgan fingerprint density at radius 1 is 1.28 bits per heavy atom. The fourth-order valence-corrected chi connectivity index (χ4v) is 2.86. The van der Waals surface area contributed by atoms with Gasteiger partial charge in [0, 0.05) is 19.6 Å². The molecule has 0 unspecified atom stereocenters. The molecule has 1 N–H and O–H groups in total. The summed E-state index contributed by atoms with van der Waals surface area (Å²) >= 11 is 0. The van der Waals surface area contributed by atoms with Gasteiger partial charge in [0.05, 0.1) is 19.6 Å². The molecular formula is C11H19F3N3O+. The average Bonchev–Trinajstić information content (AvgIpc) is 2.36. The molecule has 0 spiro atoms. The molecular weight excluding hydrogens is 247 g/mol. The Morgan fingerprint density at radius 2 is 1.78 bits per heavy atom. The minimum Gasteiger partial charge on any atom is -0.342 e. The molecule has 3 saturated heterocycles. The standard InChI is InChI=1S/C11H18F3N3O/c1-9(10(18)15-8-11(12,13)14)17-5-2-16(3-6-17)4-7-17/h9H,2-8H2,1H3/p+1/t9-/m1/s1. The van der Waals surface area contributed by atoms with Gasteiger partial charge in [-0.05, 0) is 6.92 Å². The number of piperazine rings is 3. The van der Waals surface area contributed by atoms with E-state index < -0.39 is 24.7 Å². The van der Waals surface area contributed by atoms with E-state index in [1.165, 1.54) is 0 Å². The van der Waals surface area contributed by atoms with Crippen LogP contribution in [0.15, 0.2) is 0 Å². The molecule has 2 bridgehead atoms. The minimum absolute atomic E-state index is 0.394. The molecule has 0 aromatic rings. The lowest BCUT2D eigenvalue weighted by Gasteiger charge is -2.52. The van der Waals surface area contributed by atoms with E-state index in [0.717, 1.165) is 39.3 Å². The van der Waals surface area contributed by atoms with Crippen LogP contribution in [-0.2, 0) is 4.79 Å². The van der Waals surface area contributed by atoms with Crippen molar-refractivity contribution in [3.05, 3.63) is 0 Å². The Kier molecular flexibility index (Phi) is 3.55. The molecule has 0 aromatic carbocycles. The molecule has 3 fully saturated rings. The molecule has 3 aliphatic heterocycles. The summed E-state index contributed by atoms with van der Waals surface area (Å²) in [5.41, 5.74) is 0. The second-order valence-corrected chi connectivity index (χ2v) is 5.24. The maximum absolute atomic E-state index is 12.1. The Bertz CT molecular complexity index is 310. The summed E-state index contributed by atoms with van der Waals surface area (Å²) in [7, 11) is 0. The number of nitrogens with zero attached hydrogens (tertiary/aromatic N) is 2. The average molecular weight is 266 g/mol. The highest BCUT2D eigenvalue weighted by Gasteiger charge is 2.45. The summed E-state index contributed by atoms with van der Waals surface area (Å²) in [6, 6.07) is -0.394. The van der Waals surface area contributed by atoms with Crippen molar-refractivity contribution in [1.82, 2.24) is 10.2 Å². The predicted octanol–water partition coefficient (Wildman–Crippen LogP) is 0.199. The van der Waals surface area contributed by atoms with Crippen LogP contribution in [0.1, 0.15) is 6.92 Å². The molecule has 0 aromatic heterocycles. The number of carbonyl (C=O) groups excluding carboxylic acids is 1. The molecule has 0 radical (unpaired) electrons. The summed E-state index contributed by atoms with van der Waals surface area (Å²) < 4.78 is 36.9. The minimum atomic E-state index is -4.34. The number of fused-ring (bicyclic) bond motifs is 3. The Balaban J connectivity index is 1.93. The molecule has 0 saturated carbocycles. The van der Waals surface area contributed by atoms with Crippen LogP contribution in [-0.4, -0.2) is 73.3 Å². The first-order valence-corrected chi connectivity index (χ1v) is 6.25. The van der Waals surface area contributed by atoms with Crippen molar-refractivity contribution < 1.29 is 22.4 Å². The van der Waals surface area contributed by atoms with Crippen molar-refractivity contribution in [1.29, 1.82) is 0 Å². The first-order valence-electron chi connectivity index (χ1n) is 6.25. The van der Waals surface area contributed by atoms with Crippen LogP contribution in [0.25, 0.3) is 0 Å². The van der Waals surface area contributed by atoms with Gasteiger partial charge >= 0.3 is 6.18 Å². The van der Waals surface area contributed by atoms with Crippen molar-refractivity contribution in [3.63, 3.8) is 0 Å². The van der Waals surface area contributed by atoms with E-state index in [1.54, 1.807) is 6.92 Å². The van der Waals surface area contributed by atoms with Crippen LogP contribution in [0.2, 0.25) is 0 Å². The van der Waals surface area contributed by atoms with Crippen LogP contribution in [0.3, 0.4) is 0 Å². The lowest BCUT2D eigenvalue weighted by atomic mass is 10.1. The number of amides is 1. The highest BCUT2D eigenvalue weighted by atomic mass is 19.4. The number of hydrogen-bond donors (Lipinski definition) is 1. The monoisotopic (exact) mass is 266 g/mol. The molecule has 0 aliphatic carbocycles. The Morgan fingerprint density at radius 3 is 2.22 bits per heavy atom. The summed E-state index contributed by atoms with van der Waals surface area (Å²) in [5, 5.41) is 2.00. The van der Waals surface area contributed by atoms with E-state index in [4.69, 9.17) is 0 Å². The van der Waals surface area contributed by atoms with Crippen molar-refractivity contribution >= 4 is 5.91 Å². The predicted molar refractivity (Wildman–Crippen MR) is 59.8 cm³/mol. The van der Waals surface area contributed by atoms with Crippen LogP contribution < -0.4 is 5.32 Å². The van der Waals surface area contributed by atoms with Crippen LogP contribution in [0.5, 0.6) is 0 Å². The maximum atomic E-state index is 12.1. The molecule has 1 atom stereocenters. The smallest absolute Gasteiger partial charge is 0.342 e. The number of quaternary nitrogens is 1. The van der Waals surface area contributed by atoms with Gasteiger partial charge in [-0.3, -0.25) is 9.69 Å². The van der Waals surface area contributed by atoms with Gasteiger partial charge in [-0.2, -0.15) is 13.2 Å². The van der Waals surface area contributed by atoms with Gasteiger partial charge in [0.1, 0.15) is 6.54 Å². The zero-order chi connectivity index (χ0) is 13.4. The van der Waals surface area contributed by atoms with Crippen LogP contribution in [0, 0.1) is 0 Å². The number of alkyl halides is 3. The molecule has 18 heavy (non-hydrogen) atoms. The van der Waals surface area contributed by atoms with Crippen molar-refractivity contribution in [3.8, 4) is 0 Å². The number of halogens is 3. The number of carbonyl (C=O) groups is 1. The SMILES string of the molecule is C[C@H](C(=O)NCC(F)(F)F)[N+]12CCN(CC1)CC2. The van der Waals surface area contributed by atoms with Gasteiger partial charge in [-0.1, -0.05) is 0 Å². The summed E-state index contributed by atoms with van der Waals surface area (Å²) in [4.78, 5) is 14.2. The third-order valence-corrected chi connectivity index (χ3v) is 4.25. The summed E-state index contributed by atoms with van der Waals surface area (Å²) in [6.45, 7) is 5.92. The van der Waals surface area contributed by atoms with Crippen LogP contribution in [0.4, 0.5) is 13.2 Å².